The normalized spacial score (nSPS) is 13.0. The molecule has 0 aromatic rings. The van der Waals surface area contributed by atoms with E-state index in [1.807, 2.05) is 0 Å². The Labute approximate surface area is 424 Å². The van der Waals surface area contributed by atoms with E-state index in [4.69, 9.17) is 14.2 Å². The van der Waals surface area contributed by atoms with E-state index >= 15 is 0 Å². The second-order valence-electron chi connectivity index (χ2n) is 18.1. The minimum absolute atomic E-state index is 0.0995. The fraction of sp³-hybridized carbons (Fsp3) is 0.635. The van der Waals surface area contributed by atoms with Gasteiger partial charge in [-0.15, -0.1) is 0 Å². The highest BCUT2D eigenvalue weighted by atomic mass is 16.6. The smallest absolute Gasteiger partial charge is 0.306 e. The second kappa shape index (κ2) is 56.4. The van der Waals surface area contributed by atoms with Crippen LogP contribution in [-0.4, -0.2) is 37.2 Å². The van der Waals surface area contributed by atoms with Crippen LogP contribution in [-0.2, 0) is 28.6 Å². The maximum absolute atomic E-state index is 12.8. The van der Waals surface area contributed by atoms with Crippen molar-refractivity contribution in [2.75, 3.05) is 13.2 Å². The Kier molecular flexibility index (Phi) is 53.0. The highest BCUT2D eigenvalue weighted by Crippen LogP contribution is 2.14. The molecule has 0 aliphatic heterocycles. The molecule has 0 amide bonds. The molecule has 0 rings (SSSR count). The van der Waals surface area contributed by atoms with Crippen molar-refractivity contribution in [3.8, 4) is 0 Å². The first kappa shape index (κ1) is 64.8. The van der Waals surface area contributed by atoms with Gasteiger partial charge in [-0.2, -0.15) is 0 Å². The third-order valence-electron chi connectivity index (χ3n) is 11.4. The van der Waals surface area contributed by atoms with Crippen molar-refractivity contribution < 1.29 is 28.6 Å². The molecule has 1 atom stereocenters. The molecule has 0 fully saturated rings. The molecule has 390 valence electrons. The summed E-state index contributed by atoms with van der Waals surface area (Å²) in [6.45, 7) is 6.32. The van der Waals surface area contributed by atoms with Gasteiger partial charge in [0.05, 0.1) is 0 Å². The Morgan fingerprint density at radius 3 is 0.913 bits per heavy atom. The van der Waals surface area contributed by atoms with Gasteiger partial charge in [-0.1, -0.05) is 219 Å². The standard InChI is InChI=1S/C63H102O6/c1-4-7-10-13-16-19-22-24-25-26-27-28-29-30-31-32-33-34-35-36-37-39-41-44-47-50-53-56-62(65)68-59-60(58-67-61(64)55-52-49-46-43-40-21-18-15-12-9-6-3)69-63(66)57-54-51-48-45-42-38-23-20-17-14-11-8-5-2/h7-8,10-11,15-20,24-25,27-28,30-31,33-34,38,42,60H,4-6,9,12-14,21-23,26,29,32,35-37,39-41,43-59H2,1-3H3/b10-7-,11-8-,18-15-,19-16-,20-17-,25-24-,28-27-,31-30-,34-33-,42-38-. The van der Waals surface area contributed by atoms with Crippen LogP contribution in [0.4, 0.5) is 0 Å². The topological polar surface area (TPSA) is 78.9 Å². The first-order valence-electron chi connectivity index (χ1n) is 28.0. The summed E-state index contributed by atoms with van der Waals surface area (Å²) in [6, 6.07) is 0. The van der Waals surface area contributed by atoms with E-state index in [1.165, 1.54) is 57.8 Å². The third-order valence-corrected chi connectivity index (χ3v) is 11.4. The molecule has 0 saturated heterocycles. The number of hydrogen-bond donors (Lipinski definition) is 0. The highest BCUT2D eigenvalue weighted by molar-refractivity contribution is 5.71. The van der Waals surface area contributed by atoms with Gasteiger partial charge >= 0.3 is 17.9 Å². The van der Waals surface area contributed by atoms with Crippen LogP contribution in [0.5, 0.6) is 0 Å². The Hall–Kier alpha value is -4.19. The second-order valence-corrected chi connectivity index (χ2v) is 18.1. The zero-order valence-corrected chi connectivity index (χ0v) is 44.5. The largest absolute Gasteiger partial charge is 0.462 e. The van der Waals surface area contributed by atoms with Crippen molar-refractivity contribution in [1.82, 2.24) is 0 Å². The summed E-state index contributed by atoms with van der Waals surface area (Å²) in [4.78, 5) is 38.0. The summed E-state index contributed by atoms with van der Waals surface area (Å²) in [7, 11) is 0. The summed E-state index contributed by atoms with van der Waals surface area (Å²) < 4.78 is 16.8. The van der Waals surface area contributed by atoms with Crippen LogP contribution in [0.2, 0.25) is 0 Å². The Balaban J connectivity index is 4.31. The average molecular weight is 956 g/mol. The Morgan fingerprint density at radius 2 is 0.565 bits per heavy atom. The van der Waals surface area contributed by atoms with Crippen molar-refractivity contribution in [3.05, 3.63) is 122 Å². The average Bonchev–Trinajstić information content (AvgIpc) is 3.35. The molecule has 0 aromatic heterocycles. The lowest BCUT2D eigenvalue weighted by molar-refractivity contribution is -0.167. The lowest BCUT2D eigenvalue weighted by atomic mass is 10.1. The van der Waals surface area contributed by atoms with Crippen molar-refractivity contribution in [3.63, 3.8) is 0 Å². The predicted octanol–water partition coefficient (Wildman–Crippen LogP) is 18.9. The lowest BCUT2D eigenvalue weighted by Crippen LogP contribution is -2.30. The van der Waals surface area contributed by atoms with Crippen LogP contribution >= 0.6 is 0 Å². The van der Waals surface area contributed by atoms with E-state index < -0.39 is 6.10 Å². The van der Waals surface area contributed by atoms with Crippen molar-refractivity contribution >= 4 is 17.9 Å². The van der Waals surface area contributed by atoms with Crippen LogP contribution < -0.4 is 0 Å². The van der Waals surface area contributed by atoms with E-state index in [2.05, 4.69) is 142 Å². The van der Waals surface area contributed by atoms with Gasteiger partial charge in [-0.25, -0.2) is 0 Å². The molecule has 6 nitrogen and oxygen atoms in total. The molecular weight excluding hydrogens is 853 g/mol. The fourth-order valence-electron chi connectivity index (χ4n) is 7.26. The summed E-state index contributed by atoms with van der Waals surface area (Å²) in [5.74, 6) is -0.952. The molecule has 1 unspecified atom stereocenters. The number of rotatable bonds is 49. The zero-order valence-electron chi connectivity index (χ0n) is 44.5. The number of carbonyl (C=O) groups is 3. The van der Waals surface area contributed by atoms with Gasteiger partial charge in [-0.05, 0) is 122 Å². The Bertz CT molecular complexity index is 1470. The van der Waals surface area contributed by atoms with Crippen molar-refractivity contribution in [2.24, 2.45) is 0 Å². The quantitative estimate of drug-likeness (QED) is 0.0262. The van der Waals surface area contributed by atoms with Gasteiger partial charge in [0, 0.05) is 19.3 Å². The first-order valence-corrected chi connectivity index (χ1v) is 28.0. The van der Waals surface area contributed by atoms with Gasteiger partial charge in [0.2, 0.25) is 0 Å². The molecule has 0 aromatic carbocycles. The van der Waals surface area contributed by atoms with Crippen LogP contribution in [0.15, 0.2) is 122 Å². The van der Waals surface area contributed by atoms with Crippen molar-refractivity contribution in [2.45, 2.75) is 245 Å². The highest BCUT2D eigenvalue weighted by Gasteiger charge is 2.19. The van der Waals surface area contributed by atoms with Gasteiger partial charge in [-0.3, -0.25) is 14.4 Å². The number of carbonyl (C=O) groups excluding carboxylic acids is 3. The molecular formula is C63H102O6. The van der Waals surface area contributed by atoms with E-state index in [-0.39, 0.29) is 37.5 Å². The zero-order chi connectivity index (χ0) is 50.0. The minimum Gasteiger partial charge on any atom is -0.462 e. The van der Waals surface area contributed by atoms with Gasteiger partial charge < -0.3 is 14.2 Å². The van der Waals surface area contributed by atoms with Crippen LogP contribution in [0.1, 0.15) is 239 Å². The van der Waals surface area contributed by atoms with E-state index in [0.29, 0.717) is 12.8 Å². The monoisotopic (exact) mass is 955 g/mol. The minimum atomic E-state index is -0.802. The SMILES string of the molecule is CC/C=C\C/C=C\C/C=C\C/C=C\C/C=C\C/C=C\CCCCCCCCCCC(=O)OCC(COC(=O)CCCCCCC/C=C\CCCC)OC(=O)CCCCC/C=C\C/C=C\C/C=C\CC. The summed E-state index contributed by atoms with van der Waals surface area (Å²) in [5.41, 5.74) is 0. The number of allylic oxidation sites excluding steroid dienone is 20. The molecule has 6 heteroatoms. The Morgan fingerprint density at radius 1 is 0.304 bits per heavy atom. The maximum atomic E-state index is 12.8. The fourth-order valence-corrected chi connectivity index (χ4v) is 7.26. The predicted molar refractivity (Wildman–Crippen MR) is 297 cm³/mol. The molecule has 0 heterocycles. The third kappa shape index (κ3) is 54.6. The number of unbranched alkanes of at least 4 members (excludes halogenated alkanes) is 18. The number of esters is 3. The van der Waals surface area contributed by atoms with Crippen LogP contribution in [0.3, 0.4) is 0 Å². The van der Waals surface area contributed by atoms with Crippen LogP contribution in [0.25, 0.3) is 0 Å². The molecule has 0 bridgehead atoms. The molecule has 69 heavy (non-hydrogen) atoms. The van der Waals surface area contributed by atoms with Crippen LogP contribution in [0, 0.1) is 0 Å². The van der Waals surface area contributed by atoms with Gasteiger partial charge in [0.1, 0.15) is 13.2 Å². The molecule has 0 N–H and O–H groups in total. The first-order chi connectivity index (χ1) is 34.0. The van der Waals surface area contributed by atoms with E-state index in [0.717, 1.165) is 141 Å². The summed E-state index contributed by atoms with van der Waals surface area (Å²) in [5, 5.41) is 0. The van der Waals surface area contributed by atoms with Crippen molar-refractivity contribution in [1.29, 1.82) is 0 Å². The lowest BCUT2D eigenvalue weighted by Gasteiger charge is -2.18. The molecule has 0 radical (unpaired) electrons. The molecule has 0 saturated carbocycles. The summed E-state index contributed by atoms with van der Waals surface area (Å²) in [6.07, 6.45) is 77.7. The van der Waals surface area contributed by atoms with E-state index in [1.54, 1.807) is 0 Å². The molecule has 0 aliphatic rings. The number of hydrogen-bond acceptors (Lipinski definition) is 6. The number of ether oxygens (including phenoxy) is 3. The van der Waals surface area contributed by atoms with Gasteiger partial charge in [0.25, 0.3) is 0 Å². The summed E-state index contributed by atoms with van der Waals surface area (Å²) >= 11 is 0. The maximum Gasteiger partial charge on any atom is 0.306 e. The molecule has 0 spiro atoms. The van der Waals surface area contributed by atoms with Gasteiger partial charge in [0.15, 0.2) is 6.10 Å². The van der Waals surface area contributed by atoms with E-state index in [9.17, 15) is 14.4 Å². The molecule has 0 aliphatic carbocycles.